The second-order valence-electron chi connectivity index (χ2n) is 3.56. The van der Waals surface area contributed by atoms with Crippen molar-refractivity contribution in [1.29, 1.82) is 0 Å². The lowest BCUT2D eigenvalue weighted by atomic mass is 9.99. The molecule has 0 saturated heterocycles. The predicted octanol–water partition coefficient (Wildman–Crippen LogP) is 1.28. The van der Waals surface area contributed by atoms with E-state index in [1.54, 1.807) is 0 Å². The summed E-state index contributed by atoms with van der Waals surface area (Å²) in [6, 6.07) is -0.346. The van der Waals surface area contributed by atoms with Crippen LogP contribution in [0.15, 0.2) is 0 Å². The molecular formula is C10H22N2O. The van der Waals surface area contributed by atoms with Crippen molar-refractivity contribution in [2.45, 2.75) is 46.1 Å². The largest absolute Gasteiger partial charge is 0.355 e. The van der Waals surface area contributed by atoms with Crippen LogP contribution in [0.1, 0.15) is 40.0 Å². The summed E-state index contributed by atoms with van der Waals surface area (Å²) >= 11 is 0. The van der Waals surface area contributed by atoms with Crippen molar-refractivity contribution in [2.24, 2.45) is 11.7 Å². The molecule has 0 aliphatic carbocycles. The average molecular weight is 186 g/mol. The van der Waals surface area contributed by atoms with E-state index < -0.39 is 0 Å². The van der Waals surface area contributed by atoms with E-state index in [2.05, 4.69) is 12.2 Å². The quantitative estimate of drug-likeness (QED) is 0.614. The van der Waals surface area contributed by atoms with Crippen LogP contribution in [-0.2, 0) is 4.79 Å². The van der Waals surface area contributed by atoms with E-state index in [0.717, 1.165) is 25.8 Å². The summed E-state index contributed by atoms with van der Waals surface area (Å²) in [6.07, 6.45) is 3.07. The summed E-state index contributed by atoms with van der Waals surface area (Å²) in [5.41, 5.74) is 5.74. The molecule has 0 saturated carbocycles. The molecule has 0 heterocycles. The van der Waals surface area contributed by atoms with Crippen LogP contribution in [0.25, 0.3) is 0 Å². The Labute approximate surface area is 81.1 Å². The number of nitrogens with two attached hydrogens (primary N) is 1. The first kappa shape index (κ1) is 12.4. The SMILES string of the molecule is CCCCNC(=O)[C@@H](N)C(C)CC. The van der Waals surface area contributed by atoms with Crippen LogP contribution in [0.5, 0.6) is 0 Å². The summed E-state index contributed by atoms with van der Waals surface area (Å²) in [6.45, 7) is 6.90. The molecule has 0 aliphatic heterocycles. The van der Waals surface area contributed by atoms with Crippen LogP contribution in [0.3, 0.4) is 0 Å². The molecule has 3 N–H and O–H groups in total. The molecule has 0 bridgehead atoms. The van der Waals surface area contributed by atoms with Gasteiger partial charge in [-0.2, -0.15) is 0 Å². The lowest BCUT2D eigenvalue weighted by molar-refractivity contribution is -0.123. The van der Waals surface area contributed by atoms with E-state index in [1.165, 1.54) is 0 Å². The van der Waals surface area contributed by atoms with Crippen molar-refractivity contribution >= 4 is 5.91 Å². The predicted molar refractivity (Wildman–Crippen MR) is 55.3 cm³/mol. The fourth-order valence-corrected chi connectivity index (χ4v) is 1.02. The molecule has 0 rings (SSSR count). The highest BCUT2D eigenvalue weighted by atomic mass is 16.2. The highest BCUT2D eigenvalue weighted by Gasteiger charge is 2.18. The number of carbonyl (C=O) groups excluding carboxylic acids is 1. The normalized spacial score (nSPS) is 15.1. The number of nitrogens with one attached hydrogen (secondary N) is 1. The Hall–Kier alpha value is -0.570. The Morgan fingerprint density at radius 3 is 2.54 bits per heavy atom. The molecule has 0 aliphatic rings. The molecule has 0 fully saturated rings. The Kier molecular flexibility index (Phi) is 6.59. The number of rotatable bonds is 6. The van der Waals surface area contributed by atoms with E-state index in [9.17, 15) is 4.79 Å². The van der Waals surface area contributed by atoms with E-state index >= 15 is 0 Å². The summed E-state index contributed by atoms with van der Waals surface area (Å²) in [7, 11) is 0. The first-order valence-corrected chi connectivity index (χ1v) is 5.16. The minimum Gasteiger partial charge on any atom is -0.355 e. The number of carbonyl (C=O) groups is 1. The smallest absolute Gasteiger partial charge is 0.237 e. The molecule has 0 aromatic carbocycles. The average Bonchev–Trinajstić information content (AvgIpc) is 2.15. The summed E-state index contributed by atoms with van der Waals surface area (Å²) in [5.74, 6) is 0.254. The standard InChI is InChI=1S/C10H22N2O/c1-4-6-7-12-10(13)9(11)8(3)5-2/h8-9H,4-7,11H2,1-3H3,(H,12,13)/t8?,9-/m0/s1. The molecule has 78 valence electrons. The minimum absolute atomic E-state index is 0.0113. The first-order chi connectivity index (χ1) is 6.13. The first-order valence-electron chi connectivity index (χ1n) is 5.16. The maximum Gasteiger partial charge on any atom is 0.237 e. The summed E-state index contributed by atoms with van der Waals surface area (Å²) in [5, 5.41) is 2.83. The van der Waals surface area contributed by atoms with E-state index in [4.69, 9.17) is 5.73 Å². The third-order valence-corrected chi connectivity index (χ3v) is 2.39. The van der Waals surface area contributed by atoms with Crippen molar-refractivity contribution in [2.75, 3.05) is 6.54 Å². The third kappa shape index (κ3) is 4.88. The van der Waals surface area contributed by atoms with Gasteiger partial charge in [-0.3, -0.25) is 4.79 Å². The lowest BCUT2D eigenvalue weighted by Crippen LogP contribution is -2.44. The van der Waals surface area contributed by atoms with E-state index in [1.807, 2.05) is 13.8 Å². The number of amides is 1. The molecule has 1 unspecified atom stereocenters. The molecule has 0 aromatic heterocycles. The zero-order chi connectivity index (χ0) is 10.3. The fourth-order valence-electron chi connectivity index (χ4n) is 1.02. The molecule has 1 amide bonds. The van der Waals surface area contributed by atoms with E-state index in [-0.39, 0.29) is 17.9 Å². The van der Waals surface area contributed by atoms with Crippen molar-refractivity contribution in [3.63, 3.8) is 0 Å². The van der Waals surface area contributed by atoms with Crippen LogP contribution in [-0.4, -0.2) is 18.5 Å². The zero-order valence-electron chi connectivity index (χ0n) is 8.97. The molecule has 3 nitrogen and oxygen atoms in total. The number of hydrogen-bond donors (Lipinski definition) is 2. The highest BCUT2D eigenvalue weighted by molar-refractivity contribution is 5.81. The van der Waals surface area contributed by atoms with Crippen molar-refractivity contribution in [3.8, 4) is 0 Å². The minimum atomic E-state index is -0.346. The van der Waals surface area contributed by atoms with Gasteiger partial charge in [0.2, 0.25) is 5.91 Å². The van der Waals surface area contributed by atoms with Gasteiger partial charge in [0.25, 0.3) is 0 Å². The van der Waals surface area contributed by atoms with Crippen molar-refractivity contribution in [1.82, 2.24) is 5.32 Å². The topological polar surface area (TPSA) is 55.1 Å². The van der Waals surface area contributed by atoms with Gasteiger partial charge in [-0.1, -0.05) is 33.6 Å². The number of unbranched alkanes of at least 4 members (excludes halogenated alkanes) is 1. The van der Waals surface area contributed by atoms with Gasteiger partial charge in [-0.05, 0) is 12.3 Å². The molecule has 0 spiro atoms. The Bertz CT molecular complexity index is 148. The number of hydrogen-bond acceptors (Lipinski definition) is 2. The van der Waals surface area contributed by atoms with Gasteiger partial charge in [0.1, 0.15) is 0 Å². The van der Waals surface area contributed by atoms with Gasteiger partial charge in [-0.25, -0.2) is 0 Å². The highest BCUT2D eigenvalue weighted by Crippen LogP contribution is 2.04. The molecule has 2 atom stereocenters. The summed E-state index contributed by atoms with van der Waals surface area (Å²) in [4.78, 5) is 11.4. The summed E-state index contributed by atoms with van der Waals surface area (Å²) < 4.78 is 0. The molecule has 3 heteroatoms. The van der Waals surface area contributed by atoms with Gasteiger partial charge in [0, 0.05) is 6.54 Å². The van der Waals surface area contributed by atoms with Gasteiger partial charge in [-0.15, -0.1) is 0 Å². The van der Waals surface area contributed by atoms with Crippen LogP contribution >= 0.6 is 0 Å². The molecular weight excluding hydrogens is 164 g/mol. The monoisotopic (exact) mass is 186 g/mol. The van der Waals surface area contributed by atoms with Crippen molar-refractivity contribution < 1.29 is 4.79 Å². The Morgan fingerprint density at radius 1 is 1.46 bits per heavy atom. The van der Waals surface area contributed by atoms with Crippen LogP contribution in [0, 0.1) is 5.92 Å². The Balaban J connectivity index is 3.69. The second kappa shape index (κ2) is 6.89. The van der Waals surface area contributed by atoms with Crippen LogP contribution in [0.2, 0.25) is 0 Å². The van der Waals surface area contributed by atoms with Gasteiger partial charge in [0.15, 0.2) is 0 Å². The van der Waals surface area contributed by atoms with E-state index in [0.29, 0.717) is 0 Å². The maximum atomic E-state index is 11.4. The lowest BCUT2D eigenvalue weighted by Gasteiger charge is -2.17. The molecule has 13 heavy (non-hydrogen) atoms. The molecule has 0 aromatic rings. The zero-order valence-corrected chi connectivity index (χ0v) is 8.97. The van der Waals surface area contributed by atoms with Gasteiger partial charge in [0.05, 0.1) is 6.04 Å². The maximum absolute atomic E-state index is 11.4. The van der Waals surface area contributed by atoms with Gasteiger partial charge >= 0.3 is 0 Å². The van der Waals surface area contributed by atoms with Gasteiger partial charge < -0.3 is 11.1 Å². The molecule has 0 radical (unpaired) electrons. The fraction of sp³-hybridized carbons (Fsp3) is 0.900. The van der Waals surface area contributed by atoms with Crippen LogP contribution in [0.4, 0.5) is 0 Å². The van der Waals surface area contributed by atoms with Crippen molar-refractivity contribution in [3.05, 3.63) is 0 Å². The third-order valence-electron chi connectivity index (χ3n) is 2.39. The second-order valence-corrected chi connectivity index (χ2v) is 3.56. The Morgan fingerprint density at radius 2 is 2.08 bits per heavy atom. The van der Waals surface area contributed by atoms with Crippen LogP contribution < -0.4 is 11.1 Å².